The molecular formula is C24H31N5O4. The molecule has 2 aromatic rings. The largest absolute Gasteiger partial charge is 0.495 e. The molecule has 0 bridgehead atoms. The fourth-order valence-electron chi connectivity index (χ4n) is 5.54. The second kappa shape index (κ2) is 8.37. The van der Waals surface area contributed by atoms with Gasteiger partial charge in [0.25, 0.3) is 0 Å². The minimum atomic E-state index is -1.01. The number of aromatic nitrogens is 2. The number of benzene rings is 1. The molecule has 3 aliphatic rings. The van der Waals surface area contributed by atoms with E-state index in [2.05, 4.69) is 15.2 Å². The molecule has 5 rings (SSSR count). The standard InChI is InChI=1S/C24H31N5O4/c1-28-18-13-25-23(26-17-9-8-15(21(30)31)12-19(17)33-2)27-20(18)29(16-6-3-4-7-16)14-24(22(28)32)10-5-11-24/h8-9,12-13,16,22,32H,3-7,10-11,14H2,1-2H3,(H,30,31)(H,25,26,27). The van der Waals surface area contributed by atoms with Crippen LogP contribution in [0.15, 0.2) is 24.4 Å². The van der Waals surface area contributed by atoms with Gasteiger partial charge in [-0.3, -0.25) is 0 Å². The van der Waals surface area contributed by atoms with E-state index in [0.29, 0.717) is 23.4 Å². The molecule has 0 radical (unpaired) electrons. The van der Waals surface area contributed by atoms with Crippen LogP contribution in [-0.4, -0.2) is 59.1 Å². The van der Waals surface area contributed by atoms with Crippen molar-refractivity contribution in [1.82, 2.24) is 9.97 Å². The summed E-state index contributed by atoms with van der Waals surface area (Å²) in [5.74, 6) is 0.637. The molecule has 9 heteroatoms. The van der Waals surface area contributed by atoms with Gasteiger partial charge < -0.3 is 30.1 Å². The van der Waals surface area contributed by atoms with Crippen LogP contribution in [0.3, 0.4) is 0 Å². The van der Waals surface area contributed by atoms with Gasteiger partial charge in [-0.1, -0.05) is 19.3 Å². The Morgan fingerprint density at radius 1 is 1.24 bits per heavy atom. The van der Waals surface area contributed by atoms with Gasteiger partial charge in [-0.25, -0.2) is 9.78 Å². The Balaban J connectivity index is 1.52. The quantitative estimate of drug-likeness (QED) is 0.625. The summed E-state index contributed by atoms with van der Waals surface area (Å²) in [6.45, 7) is 0.795. The van der Waals surface area contributed by atoms with Crippen molar-refractivity contribution in [2.45, 2.75) is 57.2 Å². The van der Waals surface area contributed by atoms with Gasteiger partial charge in [0.05, 0.1) is 24.6 Å². The monoisotopic (exact) mass is 453 g/mol. The highest BCUT2D eigenvalue weighted by Crippen LogP contribution is 2.51. The highest BCUT2D eigenvalue weighted by Gasteiger charge is 2.50. The molecule has 1 atom stereocenters. The first-order chi connectivity index (χ1) is 15.9. The minimum Gasteiger partial charge on any atom is -0.495 e. The van der Waals surface area contributed by atoms with Gasteiger partial charge >= 0.3 is 5.97 Å². The number of methoxy groups -OCH3 is 1. The second-order valence-corrected chi connectivity index (χ2v) is 9.51. The maximum atomic E-state index is 11.3. The number of ether oxygens (including phenoxy) is 1. The van der Waals surface area contributed by atoms with Crippen LogP contribution in [0.5, 0.6) is 5.75 Å². The molecule has 2 saturated carbocycles. The average molecular weight is 454 g/mol. The highest BCUT2D eigenvalue weighted by atomic mass is 16.5. The Bertz CT molecular complexity index is 1050. The Morgan fingerprint density at radius 2 is 2.00 bits per heavy atom. The van der Waals surface area contributed by atoms with Crippen molar-refractivity contribution in [2.24, 2.45) is 5.41 Å². The van der Waals surface area contributed by atoms with Crippen LogP contribution in [0.2, 0.25) is 0 Å². The molecule has 1 aromatic heterocycles. The van der Waals surface area contributed by atoms with Crippen molar-refractivity contribution in [3.8, 4) is 5.75 Å². The van der Waals surface area contributed by atoms with E-state index in [1.54, 1.807) is 12.3 Å². The number of aliphatic hydroxyl groups is 1. The summed E-state index contributed by atoms with van der Waals surface area (Å²) < 4.78 is 5.39. The molecule has 33 heavy (non-hydrogen) atoms. The maximum Gasteiger partial charge on any atom is 0.335 e. The predicted molar refractivity (Wildman–Crippen MR) is 126 cm³/mol. The van der Waals surface area contributed by atoms with Crippen molar-refractivity contribution >= 4 is 29.1 Å². The van der Waals surface area contributed by atoms with Crippen molar-refractivity contribution in [3.05, 3.63) is 30.0 Å². The van der Waals surface area contributed by atoms with Crippen LogP contribution in [0.25, 0.3) is 0 Å². The number of carboxylic acids is 1. The molecular weight excluding hydrogens is 422 g/mol. The summed E-state index contributed by atoms with van der Waals surface area (Å²) in [6.07, 6.45) is 9.07. The van der Waals surface area contributed by atoms with Crippen LogP contribution >= 0.6 is 0 Å². The Morgan fingerprint density at radius 3 is 2.64 bits per heavy atom. The van der Waals surface area contributed by atoms with Gasteiger partial charge in [-0.05, 0) is 43.9 Å². The summed E-state index contributed by atoms with van der Waals surface area (Å²) in [5, 5.41) is 23.7. The van der Waals surface area contributed by atoms with E-state index in [0.717, 1.165) is 50.2 Å². The number of nitrogens with zero attached hydrogens (tertiary/aromatic N) is 4. The molecule has 3 N–H and O–H groups in total. The Kier molecular flexibility index (Phi) is 5.52. The summed E-state index contributed by atoms with van der Waals surface area (Å²) in [7, 11) is 3.42. The molecule has 1 aliphatic heterocycles. The van der Waals surface area contributed by atoms with Crippen molar-refractivity contribution in [2.75, 3.05) is 35.8 Å². The molecule has 2 aliphatic carbocycles. The SMILES string of the molecule is COc1cc(C(=O)O)ccc1Nc1ncc2c(n1)N(C1CCCC1)CC1(CCC1)C(O)N2C. The number of carboxylic acid groups (broad SMARTS) is 1. The lowest BCUT2D eigenvalue weighted by Gasteiger charge is -2.49. The van der Waals surface area contributed by atoms with Gasteiger partial charge in [0.1, 0.15) is 17.7 Å². The van der Waals surface area contributed by atoms with Crippen LogP contribution < -0.4 is 19.9 Å². The number of fused-ring (bicyclic) bond motifs is 1. The first-order valence-corrected chi connectivity index (χ1v) is 11.6. The number of aromatic carboxylic acids is 1. The molecule has 2 heterocycles. The van der Waals surface area contributed by atoms with E-state index in [9.17, 15) is 15.0 Å². The normalized spacial score (nSPS) is 22.0. The number of anilines is 4. The van der Waals surface area contributed by atoms with Crippen LogP contribution in [-0.2, 0) is 0 Å². The summed E-state index contributed by atoms with van der Waals surface area (Å²) in [6, 6.07) is 5.06. The smallest absolute Gasteiger partial charge is 0.335 e. The van der Waals surface area contributed by atoms with Crippen LogP contribution in [0.4, 0.5) is 23.1 Å². The molecule has 0 amide bonds. The van der Waals surface area contributed by atoms with Crippen molar-refractivity contribution in [3.63, 3.8) is 0 Å². The molecule has 0 saturated heterocycles. The molecule has 1 aromatic carbocycles. The van der Waals surface area contributed by atoms with Gasteiger partial charge in [0, 0.05) is 25.0 Å². The summed E-state index contributed by atoms with van der Waals surface area (Å²) in [5.41, 5.74) is 1.43. The third-order valence-electron chi connectivity index (χ3n) is 7.61. The molecule has 2 fully saturated rings. The fraction of sp³-hybridized carbons (Fsp3) is 0.542. The van der Waals surface area contributed by atoms with Gasteiger partial charge in [-0.15, -0.1) is 0 Å². The topological polar surface area (TPSA) is 111 Å². The number of nitrogens with one attached hydrogen (secondary N) is 1. The fourth-order valence-corrected chi connectivity index (χ4v) is 5.54. The molecule has 1 spiro atoms. The number of hydrogen-bond donors (Lipinski definition) is 3. The number of hydrogen-bond acceptors (Lipinski definition) is 8. The van der Waals surface area contributed by atoms with E-state index in [4.69, 9.17) is 9.72 Å². The lowest BCUT2D eigenvalue weighted by molar-refractivity contribution is -0.0261. The summed E-state index contributed by atoms with van der Waals surface area (Å²) >= 11 is 0. The van der Waals surface area contributed by atoms with Crippen molar-refractivity contribution < 1.29 is 19.7 Å². The van der Waals surface area contributed by atoms with E-state index in [-0.39, 0.29) is 11.0 Å². The Hall–Kier alpha value is -3.07. The van der Waals surface area contributed by atoms with Gasteiger partial charge in [0.2, 0.25) is 5.95 Å². The van der Waals surface area contributed by atoms with Gasteiger partial charge in [0.15, 0.2) is 5.82 Å². The lowest BCUT2D eigenvalue weighted by atomic mass is 9.66. The maximum absolute atomic E-state index is 11.3. The third-order valence-corrected chi connectivity index (χ3v) is 7.61. The first-order valence-electron chi connectivity index (χ1n) is 11.6. The highest BCUT2D eigenvalue weighted by molar-refractivity contribution is 5.89. The van der Waals surface area contributed by atoms with E-state index < -0.39 is 12.2 Å². The number of carbonyl (C=O) groups is 1. The molecule has 9 nitrogen and oxygen atoms in total. The number of rotatable bonds is 5. The van der Waals surface area contributed by atoms with Crippen molar-refractivity contribution in [1.29, 1.82) is 0 Å². The van der Waals surface area contributed by atoms with E-state index >= 15 is 0 Å². The molecule has 176 valence electrons. The Labute approximate surface area is 193 Å². The average Bonchev–Trinajstić information content (AvgIpc) is 3.30. The predicted octanol–water partition coefficient (Wildman–Crippen LogP) is 3.61. The first kappa shape index (κ1) is 21.8. The summed E-state index contributed by atoms with van der Waals surface area (Å²) in [4.78, 5) is 25.1. The van der Waals surface area contributed by atoms with Crippen LogP contribution in [0, 0.1) is 5.41 Å². The number of aliphatic hydroxyl groups excluding tert-OH is 1. The van der Waals surface area contributed by atoms with E-state index in [1.165, 1.54) is 32.1 Å². The molecule has 1 unspecified atom stereocenters. The van der Waals surface area contributed by atoms with Crippen LogP contribution in [0.1, 0.15) is 55.3 Å². The zero-order valence-electron chi connectivity index (χ0n) is 19.1. The third kappa shape index (κ3) is 3.74. The van der Waals surface area contributed by atoms with Gasteiger partial charge in [-0.2, -0.15) is 4.98 Å². The second-order valence-electron chi connectivity index (χ2n) is 9.51. The van der Waals surface area contributed by atoms with E-state index in [1.807, 2.05) is 11.9 Å². The zero-order valence-corrected chi connectivity index (χ0v) is 19.1. The zero-order chi connectivity index (χ0) is 23.2. The minimum absolute atomic E-state index is 0.137. The lowest BCUT2D eigenvalue weighted by Crippen LogP contribution is -2.55.